The fourth-order valence-corrected chi connectivity index (χ4v) is 3.62. The summed E-state index contributed by atoms with van der Waals surface area (Å²) in [5.41, 5.74) is 7.05. The highest BCUT2D eigenvalue weighted by atomic mass is 16.6. The zero-order valence-electron chi connectivity index (χ0n) is 21.5. The van der Waals surface area contributed by atoms with E-state index in [1.165, 1.54) is 4.90 Å². The van der Waals surface area contributed by atoms with Crippen LogP contribution in [0.1, 0.15) is 56.8 Å². The Kier molecular flexibility index (Phi) is 10.0. The average molecular weight is 497 g/mol. The number of nitrogens with one attached hydrogen (secondary N) is 2. The first kappa shape index (κ1) is 28.4. The van der Waals surface area contributed by atoms with Crippen LogP contribution in [0.3, 0.4) is 0 Å². The number of ether oxygens (including phenoxy) is 1. The Balaban J connectivity index is 2.37. The van der Waals surface area contributed by atoms with Crippen molar-refractivity contribution < 1.29 is 23.9 Å². The molecule has 0 fully saturated rings. The number of amides is 4. The fraction of sp³-hybridized carbons (Fsp3) is 0.407. The van der Waals surface area contributed by atoms with Crippen molar-refractivity contribution in [1.29, 1.82) is 0 Å². The molecule has 2 atom stereocenters. The molecule has 0 saturated carbocycles. The minimum Gasteiger partial charge on any atom is -0.444 e. The number of hydrogen-bond donors (Lipinski definition) is 3. The van der Waals surface area contributed by atoms with Gasteiger partial charge in [0.05, 0.1) is 6.42 Å². The summed E-state index contributed by atoms with van der Waals surface area (Å²) in [6.07, 6.45) is -1.31. The number of hydrogen-bond acceptors (Lipinski definition) is 5. The van der Waals surface area contributed by atoms with Gasteiger partial charge in [0.15, 0.2) is 0 Å². The minimum atomic E-state index is -1.30. The number of carbonyl (C=O) groups excluding carboxylic acids is 4. The van der Waals surface area contributed by atoms with E-state index >= 15 is 0 Å². The van der Waals surface area contributed by atoms with Gasteiger partial charge in [0.1, 0.15) is 17.7 Å². The van der Waals surface area contributed by atoms with E-state index in [0.29, 0.717) is 5.56 Å². The second-order valence-electron chi connectivity index (χ2n) is 9.51. The van der Waals surface area contributed by atoms with E-state index in [0.717, 1.165) is 11.1 Å². The molecule has 0 aliphatic rings. The van der Waals surface area contributed by atoms with Gasteiger partial charge in [0.2, 0.25) is 17.7 Å². The maximum absolute atomic E-state index is 13.6. The molecule has 0 heterocycles. The maximum atomic E-state index is 13.6. The Labute approximate surface area is 212 Å². The van der Waals surface area contributed by atoms with E-state index < -0.39 is 47.9 Å². The third-order valence-electron chi connectivity index (χ3n) is 5.28. The van der Waals surface area contributed by atoms with E-state index in [1.54, 1.807) is 39.8 Å². The number of primary amides is 1. The summed E-state index contributed by atoms with van der Waals surface area (Å²) in [4.78, 5) is 52.6. The van der Waals surface area contributed by atoms with Crippen molar-refractivity contribution in [3.63, 3.8) is 0 Å². The van der Waals surface area contributed by atoms with Crippen LogP contribution in [-0.4, -0.2) is 46.9 Å². The van der Waals surface area contributed by atoms with Crippen LogP contribution < -0.4 is 16.4 Å². The van der Waals surface area contributed by atoms with E-state index in [1.807, 2.05) is 49.4 Å². The van der Waals surface area contributed by atoms with Crippen LogP contribution in [-0.2, 0) is 25.7 Å². The molecule has 0 aromatic heterocycles. The highest BCUT2D eigenvalue weighted by Crippen LogP contribution is 2.23. The molecular weight excluding hydrogens is 460 g/mol. The van der Waals surface area contributed by atoms with Gasteiger partial charge in [-0.2, -0.15) is 0 Å². The lowest BCUT2D eigenvalue weighted by Gasteiger charge is -2.33. The first-order chi connectivity index (χ1) is 16.9. The predicted molar refractivity (Wildman–Crippen MR) is 137 cm³/mol. The lowest BCUT2D eigenvalue weighted by molar-refractivity contribution is -0.143. The van der Waals surface area contributed by atoms with Gasteiger partial charge in [-0.15, -0.1) is 0 Å². The molecule has 36 heavy (non-hydrogen) atoms. The van der Waals surface area contributed by atoms with Crippen LogP contribution in [0.25, 0.3) is 0 Å². The van der Waals surface area contributed by atoms with Gasteiger partial charge >= 0.3 is 6.09 Å². The summed E-state index contributed by atoms with van der Waals surface area (Å²) in [5, 5.41) is 5.34. The number of alkyl carbamates (subject to hydrolysis) is 1. The smallest absolute Gasteiger partial charge is 0.408 e. The molecule has 0 radical (unpaired) electrons. The third kappa shape index (κ3) is 8.72. The van der Waals surface area contributed by atoms with Gasteiger partial charge in [-0.25, -0.2) is 4.79 Å². The SMILES string of the molecule is CCN(C(=O)C(CC(N)=O)NC(=O)OC(C)(C)C)C(C(=O)NCc1ccccc1)c1ccc(C)cc1. The lowest BCUT2D eigenvalue weighted by atomic mass is 10.0. The molecule has 2 aromatic carbocycles. The molecule has 0 spiro atoms. The summed E-state index contributed by atoms with van der Waals surface area (Å²) in [6, 6.07) is 14.4. The number of likely N-dealkylation sites (N-methyl/N-ethyl adjacent to an activating group) is 1. The van der Waals surface area contributed by atoms with Gasteiger partial charge < -0.3 is 26.0 Å². The van der Waals surface area contributed by atoms with Crippen molar-refractivity contribution >= 4 is 23.8 Å². The van der Waals surface area contributed by atoms with Crippen molar-refractivity contribution in [2.75, 3.05) is 6.54 Å². The topological polar surface area (TPSA) is 131 Å². The number of aryl methyl sites for hydroxylation is 1. The molecule has 2 unspecified atom stereocenters. The van der Waals surface area contributed by atoms with Crippen molar-refractivity contribution in [2.24, 2.45) is 5.73 Å². The van der Waals surface area contributed by atoms with Crippen molar-refractivity contribution in [1.82, 2.24) is 15.5 Å². The van der Waals surface area contributed by atoms with Crippen molar-refractivity contribution in [3.05, 3.63) is 71.3 Å². The maximum Gasteiger partial charge on any atom is 0.408 e. The molecule has 4 N–H and O–H groups in total. The monoisotopic (exact) mass is 496 g/mol. The molecule has 0 aliphatic heterocycles. The lowest BCUT2D eigenvalue weighted by Crippen LogP contribution is -2.54. The molecule has 0 saturated heterocycles. The quantitative estimate of drug-likeness (QED) is 0.465. The molecule has 2 rings (SSSR count). The highest BCUT2D eigenvalue weighted by Gasteiger charge is 2.36. The Hall–Kier alpha value is -3.88. The predicted octanol–water partition coefficient (Wildman–Crippen LogP) is 2.97. The molecule has 0 aliphatic carbocycles. The minimum absolute atomic E-state index is 0.140. The number of nitrogens with two attached hydrogens (primary N) is 1. The number of nitrogens with zero attached hydrogens (tertiary/aromatic N) is 1. The van der Waals surface area contributed by atoms with Crippen LogP contribution in [0.5, 0.6) is 0 Å². The Morgan fingerprint density at radius 1 is 1.00 bits per heavy atom. The van der Waals surface area contributed by atoms with Gasteiger partial charge in [0.25, 0.3) is 0 Å². The van der Waals surface area contributed by atoms with Gasteiger partial charge in [-0.3, -0.25) is 14.4 Å². The fourth-order valence-electron chi connectivity index (χ4n) is 3.62. The molecule has 0 bridgehead atoms. The second kappa shape index (κ2) is 12.7. The Bertz CT molecular complexity index is 1050. The summed E-state index contributed by atoms with van der Waals surface area (Å²) < 4.78 is 5.25. The molecule has 2 aromatic rings. The number of carbonyl (C=O) groups is 4. The van der Waals surface area contributed by atoms with E-state index in [4.69, 9.17) is 10.5 Å². The summed E-state index contributed by atoms with van der Waals surface area (Å²) in [7, 11) is 0. The van der Waals surface area contributed by atoms with E-state index in [-0.39, 0.29) is 13.1 Å². The van der Waals surface area contributed by atoms with Gasteiger partial charge in [-0.05, 0) is 45.7 Å². The van der Waals surface area contributed by atoms with Crippen LogP contribution >= 0.6 is 0 Å². The largest absolute Gasteiger partial charge is 0.444 e. The Morgan fingerprint density at radius 2 is 1.61 bits per heavy atom. The summed E-state index contributed by atoms with van der Waals surface area (Å²) in [6.45, 7) is 9.10. The number of rotatable bonds is 10. The standard InChI is InChI=1S/C27H36N4O5/c1-6-31(25(34)21(16-22(28)32)30-26(35)36-27(3,4)5)23(20-14-12-18(2)13-15-20)24(33)29-17-19-10-8-7-9-11-19/h7-15,21,23H,6,16-17H2,1-5H3,(H2,28,32)(H,29,33)(H,30,35). The normalized spacial score (nSPS) is 12.7. The first-order valence-corrected chi connectivity index (χ1v) is 11.9. The average Bonchev–Trinajstić information content (AvgIpc) is 2.80. The van der Waals surface area contributed by atoms with Crippen LogP contribution in [0.4, 0.5) is 4.79 Å². The molecule has 9 nitrogen and oxygen atoms in total. The zero-order chi connectivity index (χ0) is 26.9. The number of benzene rings is 2. The van der Waals surface area contributed by atoms with Crippen molar-refractivity contribution in [2.45, 2.75) is 65.3 Å². The van der Waals surface area contributed by atoms with Gasteiger partial charge in [0, 0.05) is 13.1 Å². The van der Waals surface area contributed by atoms with Crippen LogP contribution in [0.2, 0.25) is 0 Å². The molecular formula is C27H36N4O5. The van der Waals surface area contributed by atoms with Crippen molar-refractivity contribution in [3.8, 4) is 0 Å². The first-order valence-electron chi connectivity index (χ1n) is 11.9. The Morgan fingerprint density at radius 3 is 2.14 bits per heavy atom. The highest BCUT2D eigenvalue weighted by molar-refractivity contribution is 5.94. The zero-order valence-corrected chi connectivity index (χ0v) is 21.5. The van der Waals surface area contributed by atoms with Crippen LogP contribution in [0.15, 0.2) is 54.6 Å². The molecule has 4 amide bonds. The third-order valence-corrected chi connectivity index (χ3v) is 5.28. The summed E-state index contributed by atoms with van der Waals surface area (Å²) in [5.74, 6) is -1.79. The molecule has 9 heteroatoms. The summed E-state index contributed by atoms with van der Waals surface area (Å²) >= 11 is 0. The van der Waals surface area contributed by atoms with Crippen LogP contribution in [0, 0.1) is 6.92 Å². The van der Waals surface area contributed by atoms with E-state index in [9.17, 15) is 19.2 Å². The second-order valence-corrected chi connectivity index (χ2v) is 9.51. The molecule has 194 valence electrons. The van der Waals surface area contributed by atoms with E-state index in [2.05, 4.69) is 10.6 Å². The van der Waals surface area contributed by atoms with Gasteiger partial charge in [-0.1, -0.05) is 60.2 Å².